The molecule has 0 saturated heterocycles. The maximum Gasteiger partial charge on any atom is 0.0190 e. The monoisotopic (exact) mass is 226 g/mol. The molecule has 0 radical (unpaired) electrons. The van der Waals surface area contributed by atoms with E-state index in [4.69, 9.17) is 0 Å². The Morgan fingerprint density at radius 1 is 1.25 bits per heavy atom. The second kappa shape index (κ2) is 6.61. The van der Waals surface area contributed by atoms with Crippen molar-refractivity contribution < 1.29 is 0 Å². The van der Waals surface area contributed by atoms with Gasteiger partial charge in [0.1, 0.15) is 0 Å². The van der Waals surface area contributed by atoms with Crippen LogP contribution < -0.4 is 5.32 Å². The zero-order valence-electron chi connectivity index (χ0n) is 11.7. The van der Waals surface area contributed by atoms with Crippen molar-refractivity contribution in [1.82, 2.24) is 10.2 Å². The van der Waals surface area contributed by atoms with E-state index in [1.165, 1.54) is 51.5 Å². The highest BCUT2D eigenvalue weighted by Crippen LogP contribution is 2.30. The molecule has 0 aliphatic heterocycles. The van der Waals surface area contributed by atoms with Crippen molar-refractivity contribution in [3.8, 4) is 0 Å². The van der Waals surface area contributed by atoms with Crippen molar-refractivity contribution in [2.75, 3.05) is 20.6 Å². The van der Waals surface area contributed by atoms with E-state index in [0.717, 1.165) is 6.04 Å². The van der Waals surface area contributed by atoms with Gasteiger partial charge in [0.15, 0.2) is 0 Å². The topological polar surface area (TPSA) is 15.3 Å². The lowest BCUT2D eigenvalue weighted by molar-refractivity contribution is 0.175. The third-order valence-corrected chi connectivity index (χ3v) is 4.63. The Labute approximate surface area is 102 Å². The van der Waals surface area contributed by atoms with Gasteiger partial charge < -0.3 is 10.2 Å². The van der Waals surface area contributed by atoms with Crippen molar-refractivity contribution in [1.29, 1.82) is 0 Å². The number of hydrogen-bond acceptors (Lipinski definition) is 2. The SMILES string of the molecule is CCC(C)N(C)CCC1(NC)CCCCC1. The first-order valence-corrected chi connectivity index (χ1v) is 7.03. The average molecular weight is 226 g/mol. The molecule has 0 bridgehead atoms. The van der Waals surface area contributed by atoms with E-state index in [1.807, 2.05) is 0 Å². The summed E-state index contributed by atoms with van der Waals surface area (Å²) < 4.78 is 0. The third kappa shape index (κ3) is 3.74. The highest BCUT2D eigenvalue weighted by atomic mass is 15.1. The standard InChI is InChI=1S/C14H30N2/c1-5-13(2)16(4)12-11-14(15-3)9-7-6-8-10-14/h13,15H,5-12H2,1-4H3. The van der Waals surface area contributed by atoms with Crippen LogP contribution in [0.2, 0.25) is 0 Å². The molecule has 1 unspecified atom stereocenters. The minimum Gasteiger partial charge on any atom is -0.314 e. The Bertz CT molecular complexity index is 185. The van der Waals surface area contributed by atoms with Gasteiger partial charge in [0, 0.05) is 11.6 Å². The molecule has 0 aromatic rings. The molecule has 1 fully saturated rings. The Balaban J connectivity index is 2.38. The van der Waals surface area contributed by atoms with Crippen molar-refractivity contribution in [3.05, 3.63) is 0 Å². The van der Waals surface area contributed by atoms with Gasteiger partial charge in [0.05, 0.1) is 0 Å². The summed E-state index contributed by atoms with van der Waals surface area (Å²) in [4.78, 5) is 2.51. The van der Waals surface area contributed by atoms with Crippen LogP contribution in [0, 0.1) is 0 Å². The summed E-state index contributed by atoms with van der Waals surface area (Å²) in [6.45, 7) is 5.83. The lowest BCUT2D eigenvalue weighted by atomic mass is 9.79. The predicted molar refractivity (Wildman–Crippen MR) is 71.9 cm³/mol. The summed E-state index contributed by atoms with van der Waals surface area (Å²) in [5.74, 6) is 0. The molecular formula is C14H30N2. The van der Waals surface area contributed by atoms with Crippen LogP contribution >= 0.6 is 0 Å². The van der Waals surface area contributed by atoms with Gasteiger partial charge in [-0.25, -0.2) is 0 Å². The molecule has 1 aliphatic rings. The molecule has 1 rings (SSSR count). The van der Waals surface area contributed by atoms with Crippen LogP contribution in [0.1, 0.15) is 58.8 Å². The largest absolute Gasteiger partial charge is 0.314 e. The van der Waals surface area contributed by atoms with Gasteiger partial charge in [0.2, 0.25) is 0 Å². The summed E-state index contributed by atoms with van der Waals surface area (Å²) in [6.07, 6.45) is 9.56. The zero-order chi connectivity index (χ0) is 12.0. The number of nitrogens with one attached hydrogen (secondary N) is 1. The molecule has 1 atom stereocenters. The lowest BCUT2D eigenvalue weighted by Gasteiger charge is -2.39. The summed E-state index contributed by atoms with van der Waals surface area (Å²) in [6, 6.07) is 0.720. The van der Waals surface area contributed by atoms with Crippen molar-refractivity contribution in [2.45, 2.75) is 70.4 Å². The molecule has 0 aromatic carbocycles. The first-order chi connectivity index (χ1) is 7.63. The fraction of sp³-hybridized carbons (Fsp3) is 1.00. The molecular weight excluding hydrogens is 196 g/mol. The molecule has 1 N–H and O–H groups in total. The summed E-state index contributed by atoms with van der Waals surface area (Å²) in [7, 11) is 4.41. The fourth-order valence-electron chi connectivity index (χ4n) is 2.78. The second-order valence-corrected chi connectivity index (χ2v) is 5.58. The van der Waals surface area contributed by atoms with Crippen LogP contribution in [-0.2, 0) is 0 Å². The Hall–Kier alpha value is -0.0800. The van der Waals surface area contributed by atoms with E-state index in [1.54, 1.807) is 0 Å². The van der Waals surface area contributed by atoms with Crippen molar-refractivity contribution in [2.24, 2.45) is 0 Å². The molecule has 0 amide bonds. The maximum atomic E-state index is 3.60. The average Bonchev–Trinajstić information content (AvgIpc) is 2.36. The van der Waals surface area contributed by atoms with Crippen LogP contribution in [0.5, 0.6) is 0 Å². The highest BCUT2D eigenvalue weighted by molar-refractivity contribution is 4.90. The normalized spacial score (nSPS) is 22.3. The maximum absolute atomic E-state index is 3.60. The van der Waals surface area contributed by atoms with Crippen LogP contribution in [0.15, 0.2) is 0 Å². The van der Waals surface area contributed by atoms with Crippen molar-refractivity contribution in [3.63, 3.8) is 0 Å². The van der Waals surface area contributed by atoms with Gasteiger partial charge in [-0.05, 0) is 53.2 Å². The van der Waals surface area contributed by atoms with E-state index in [-0.39, 0.29) is 0 Å². The minimum absolute atomic E-state index is 0.444. The molecule has 2 heteroatoms. The summed E-state index contributed by atoms with van der Waals surface area (Å²) in [5, 5.41) is 3.60. The smallest absolute Gasteiger partial charge is 0.0190 e. The third-order valence-electron chi connectivity index (χ3n) is 4.63. The van der Waals surface area contributed by atoms with Crippen LogP contribution in [0.4, 0.5) is 0 Å². The predicted octanol–water partition coefficient (Wildman–Crippen LogP) is 3.03. The molecule has 1 saturated carbocycles. The molecule has 2 nitrogen and oxygen atoms in total. The highest BCUT2D eigenvalue weighted by Gasteiger charge is 2.30. The summed E-state index contributed by atoms with van der Waals surface area (Å²) >= 11 is 0. The van der Waals surface area contributed by atoms with Crippen molar-refractivity contribution >= 4 is 0 Å². The quantitative estimate of drug-likeness (QED) is 0.749. The first-order valence-electron chi connectivity index (χ1n) is 7.03. The van der Waals surface area contributed by atoms with E-state index in [9.17, 15) is 0 Å². The molecule has 96 valence electrons. The van der Waals surface area contributed by atoms with Crippen LogP contribution in [0.3, 0.4) is 0 Å². The molecule has 16 heavy (non-hydrogen) atoms. The van der Waals surface area contributed by atoms with Crippen LogP contribution in [0.25, 0.3) is 0 Å². The number of hydrogen-bond donors (Lipinski definition) is 1. The summed E-state index contributed by atoms with van der Waals surface area (Å²) in [5.41, 5.74) is 0.444. The van der Waals surface area contributed by atoms with Gasteiger partial charge in [-0.3, -0.25) is 0 Å². The molecule has 0 heterocycles. The number of nitrogens with zero attached hydrogens (tertiary/aromatic N) is 1. The molecule has 1 aliphatic carbocycles. The second-order valence-electron chi connectivity index (χ2n) is 5.58. The first kappa shape index (κ1) is 14.0. The van der Waals surface area contributed by atoms with Gasteiger partial charge in [-0.2, -0.15) is 0 Å². The van der Waals surface area contributed by atoms with Crippen LogP contribution in [-0.4, -0.2) is 37.1 Å². The molecule has 0 aromatic heterocycles. The lowest BCUT2D eigenvalue weighted by Crippen LogP contribution is -2.47. The minimum atomic E-state index is 0.444. The molecule has 0 spiro atoms. The Morgan fingerprint density at radius 3 is 2.38 bits per heavy atom. The van der Waals surface area contributed by atoms with Gasteiger partial charge >= 0.3 is 0 Å². The van der Waals surface area contributed by atoms with Gasteiger partial charge in [-0.1, -0.05) is 26.2 Å². The fourth-order valence-corrected chi connectivity index (χ4v) is 2.78. The zero-order valence-corrected chi connectivity index (χ0v) is 11.7. The van der Waals surface area contributed by atoms with E-state index < -0.39 is 0 Å². The number of rotatable bonds is 6. The van der Waals surface area contributed by atoms with E-state index >= 15 is 0 Å². The Kier molecular flexibility index (Phi) is 5.77. The van der Waals surface area contributed by atoms with Gasteiger partial charge in [-0.15, -0.1) is 0 Å². The van der Waals surface area contributed by atoms with Gasteiger partial charge in [0.25, 0.3) is 0 Å². The Morgan fingerprint density at radius 2 is 1.88 bits per heavy atom. The van der Waals surface area contributed by atoms with E-state index in [0.29, 0.717) is 5.54 Å². The van der Waals surface area contributed by atoms with E-state index in [2.05, 4.69) is 38.2 Å².